The maximum Gasteiger partial charge on any atom is 0.247 e. The van der Waals surface area contributed by atoms with Crippen LogP contribution in [0.2, 0.25) is 0 Å². The Labute approximate surface area is 147 Å². The lowest BCUT2D eigenvalue weighted by Crippen LogP contribution is -2.26. The number of fused-ring (bicyclic) bond motifs is 1. The first kappa shape index (κ1) is 17.0. The van der Waals surface area contributed by atoms with Crippen molar-refractivity contribution < 1.29 is 9.53 Å². The van der Waals surface area contributed by atoms with Crippen molar-refractivity contribution in [2.75, 3.05) is 12.4 Å². The minimum atomic E-state index is -0.235. The number of rotatable bonds is 6. The summed E-state index contributed by atoms with van der Waals surface area (Å²) in [5.74, 6) is 1.15. The van der Waals surface area contributed by atoms with Crippen LogP contribution in [0.4, 0.5) is 5.69 Å². The fraction of sp³-hybridized carbons (Fsp3) is 0.300. The Morgan fingerprint density at radius 1 is 1.24 bits per heavy atom. The second-order valence-corrected chi connectivity index (χ2v) is 6.55. The molecule has 0 unspecified atom stereocenters. The van der Waals surface area contributed by atoms with Gasteiger partial charge >= 0.3 is 0 Å². The Balaban J connectivity index is 1.82. The Bertz CT molecular complexity index is 857. The van der Waals surface area contributed by atoms with E-state index in [4.69, 9.17) is 4.74 Å². The highest BCUT2D eigenvalue weighted by Crippen LogP contribution is 2.24. The molecule has 0 saturated carbocycles. The molecule has 0 aliphatic carbocycles. The van der Waals surface area contributed by atoms with Crippen molar-refractivity contribution in [3.8, 4) is 5.75 Å². The number of pyridine rings is 1. The average Bonchev–Trinajstić information content (AvgIpc) is 3.13. The van der Waals surface area contributed by atoms with Gasteiger partial charge in [0.25, 0.3) is 0 Å². The number of carbonyl (C=O) groups excluding carboxylic acids is 1. The number of benzene rings is 1. The largest absolute Gasteiger partial charge is 0.497 e. The molecule has 1 amide bonds. The van der Waals surface area contributed by atoms with E-state index in [2.05, 4.69) is 24.1 Å². The second-order valence-electron chi connectivity index (χ2n) is 6.55. The minimum absolute atomic E-state index is 0.0282. The summed E-state index contributed by atoms with van der Waals surface area (Å²) in [6.45, 7) is 4.24. The van der Waals surface area contributed by atoms with E-state index in [1.165, 1.54) is 0 Å². The van der Waals surface area contributed by atoms with Crippen LogP contribution in [0.3, 0.4) is 0 Å². The number of methoxy groups -OCH3 is 1. The normalized spacial score (nSPS) is 12.3. The first-order valence-corrected chi connectivity index (χ1v) is 8.44. The summed E-state index contributed by atoms with van der Waals surface area (Å²) in [5, 5.41) is 3.96. The van der Waals surface area contributed by atoms with Gasteiger partial charge in [-0.05, 0) is 42.7 Å². The van der Waals surface area contributed by atoms with Crippen molar-refractivity contribution in [1.29, 1.82) is 0 Å². The number of hydrogen-bond acceptors (Lipinski definition) is 3. The number of carbonyl (C=O) groups is 1. The second kappa shape index (κ2) is 7.38. The fourth-order valence-corrected chi connectivity index (χ4v) is 2.89. The highest BCUT2D eigenvalue weighted by atomic mass is 16.5. The predicted octanol–water partition coefficient (Wildman–Crippen LogP) is 4.27. The van der Waals surface area contributed by atoms with Gasteiger partial charge in [0.15, 0.2) is 0 Å². The Hall–Kier alpha value is -2.82. The molecule has 0 aliphatic rings. The molecule has 2 heterocycles. The first-order valence-electron chi connectivity index (χ1n) is 8.44. The van der Waals surface area contributed by atoms with Gasteiger partial charge in [0.05, 0.1) is 24.5 Å². The number of nitrogens with one attached hydrogen (secondary N) is 1. The van der Waals surface area contributed by atoms with Crippen LogP contribution in [-0.2, 0) is 4.79 Å². The van der Waals surface area contributed by atoms with Crippen LogP contribution in [0.5, 0.6) is 5.75 Å². The molecular formula is C20H23N3O2. The molecule has 5 heteroatoms. The summed E-state index contributed by atoms with van der Waals surface area (Å²) >= 11 is 0. The smallest absolute Gasteiger partial charge is 0.247 e. The summed E-state index contributed by atoms with van der Waals surface area (Å²) < 4.78 is 7.17. The van der Waals surface area contributed by atoms with E-state index >= 15 is 0 Å². The first-order chi connectivity index (χ1) is 12.1. The number of ether oxygens (including phenoxy) is 1. The number of hydrogen-bond donors (Lipinski definition) is 1. The summed E-state index contributed by atoms with van der Waals surface area (Å²) in [4.78, 5) is 17.2. The van der Waals surface area contributed by atoms with Gasteiger partial charge in [0.1, 0.15) is 11.8 Å². The van der Waals surface area contributed by atoms with Crippen molar-refractivity contribution in [2.45, 2.75) is 26.3 Å². The predicted molar refractivity (Wildman–Crippen MR) is 99.8 cm³/mol. The molecule has 5 nitrogen and oxygen atoms in total. The highest BCUT2D eigenvalue weighted by molar-refractivity contribution is 5.95. The molecular weight excluding hydrogens is 314 g/mol. The molecule has 3 rings (SSSR count). The minimum Gasteiger partial charge on any atom is -0.497 e. The van der Waals surface area contributed by atoms with Crippen LogP contribution in [0.1, 0.15) is 26.3 Å². The van der Waals surface area contributed by atoms with E-state index in [9.17, 15) is 4.79 Å². The molecule has 1 atom stereocenters. The molecule has 25 heavy (non-hydrogen) atoms. The molecule has 130 valence electrons. The van der Waals surface area contributed by atoms with Gasteiger partial charge < -0.3 is 14.6 Å². The van der Waals surface area contributed by atoms with Crippen molar-refractivity contribution in [2.24, 2.45) is 5.92 Å². The van der Waals surface area contributed by atoms with Crippen LogP contribution in [0.25, 0.3) is 10.9 Å². The zero-order valence-corrected chi connectivity index (χ0v) is 14.8. The number of nitrogens with zero attached hydrogens (tertiary/aromatic N) is 2. The van der Waals surface area contributed by atoms with Gasteiger partial charge in [-0.3, -0.25) is 9.78 Å². The van der Waals surface area contributed by atoms with Crippen LogP contribution in [-0.4, -0.2) is 22.6 Å². The zero-order chi connectivity index (χ0) is 17.8. The lowest BCUT2D eigenvalue weighted by molar-refractivity contribution is -0.119. The highest BCUT2D eigenvalue weighted by Gasteiger charge is 2.21. The summed E-state index contributed by atoms with van der Waals surface area (Å²) in [6.07, 6.45) is 6.32. The molecule has 0 spiro atoms. The number of anilines is 1. The molecule has 0 saturated heterocycles. The van der Waals surface area contributed by atoms with E-state index in [0.29, 0.717) is 11.6 Å². The molecule has 2 aromatic heterocycles. The lowest BCUT2D eigenvalue weighted by Gasteiger charge is -2.20. The van der Waals surface area contributed by atoms with Crippen LogP contribution >= 0.6 is 0 Å². The maximum absolute atomic E-state index is 12.8. The van der Waals surface area contributed by atoms with Gasteiger partial charge in [-0.2, -0.15) is 0 Å². The van der Waals surface area contributed by atoms with E-state index in [-0.39, 0.29) is 11.9 Å². The molecule has 0 fully saturated rings. The lowest BCUT2D eigenvalue weighted by atomic mass is 10.0. The summed E-state index contributed by atoms with van der Waals surface area (Å²) in [6, 6.07) is 11.3. The summed E-state index contributed by atoms with van der Waals surface area (Å²) in [7, 11) is 1.63. The Morgan fingerprint density at radius 2 is 2.00 bits per heavy atom. The fourth-order valence-electron chi connectivity index (χ4n) is 2.89. The van der Waals surface area contributed by atoms with E-state index in [0.717, 1.165) is 23.1 Å². The standard InChI is InChI=1S/C20H23N3O2/c1-14(2)10-19(23-8-4-5-9-23)20(24)22-16-11-15-6-7-17(25-3)12-18(15)21-13-16/h4-9,11-14,19H,10H2,1-3H3,(H,22,24)/t19-/m1/s1. The molecule has 3 aromatic rings. The van der Waals surface area contributed by atoms with Crippen molar-refractivity contribution in [3.63, 3.8) is 0 Å². The zero-order valence-electron chi connectivity index (χ0n) is 14.8. The average molecular weight is 337 g/mol. The number of amides is 1. The van der Waals surface area contributed by atoms with Crippen LogP contribution < -0.4 is 10.1 Å². The molecule has 0 aliphatic heterocycles. The van der Waals surface area contributed by atoms with E-state index in [1.54, 1.807) is 13.3 Å². The molecule has 0 radical (unpaired) electrons. The number of aromatic nitrogens is 2. The third kappa shape index (κ3) is 3.99. The third-order valence-electron chi connectivity index (χ3n) is 4.14. The van der Waals surface area contributed by atoms with Crippen molar-refractivity contribution in [1.82, 2.24) is 9.55 Å². The van der Waals surface area contributed by atoms with Gasteiger partial charge in [0, 0.05) is 23.8 Å². The third-order valence-corrected chi connectivity index (χ3v) is 4.14. The van der Waals surface area contributed by atoms with Gasteiger partial charge in [-0.15, -0.1) is 0 Å². The van der Waals surface area contributed by atoms with Gasteiger partial charge in [-0.25, -0.2) is 0 Å². The van der Waals surface area contributed by atoms with E-state index < -0.39 is 0 Å². The molecule has 1 N–H and O–H groups in total. The van der Waals surface area contributed by atoms with Gasteiger partial charge in [0.2, 0.25) is 5.91 Å². The Kier molecular flexibility index (Phi) is 5.03. The van der Waals surface area contributed by atoms with Crippen LogP contribution in [0, 0.1) is 5.92 Å². The van der Waals surface area contributed by atoms with Gasteiger partial charge in [-0.1, -0.05) is 13.8 Å². The summed E-state index contributed by atoms with van der Waals surface area (Å²) in [5.41, 5.74) is 1.53. The molecule has 1 aromatic carbocycles. The monoisotopic (exact) mass is 337 g/mol. The van der Waals surface area contributed by atoms with Crippen molar-refractivity contribution in [3.05, 3.63) is 55.0 Å². The van der Waals surface area contributed by atoms with Crippen LogP contribution in [0.15, 0.2) is 55.0 Å². The maximum atomic E-state index is 12.8. The topological polar surface area (TPSA) is 56.1 Å². The quantitative estimate of drug-likeness (QED) is 0.731. The van der Waals surface area contributed by atoms with E-state index in [1.807, 2.05) is 53.4 Å². The SMILES string of the molecule is COc1ccc2cc(NC(=O)[C@@H](CC(C)C)n3cccc3)cnc2c1. The molecule has 0 bridgehead atoms. The Morgan fingerprint density at radius 3 is 2.68 bits per heavy atom. The van der Waals surface area contributed by atoms with Crippen molar-refractivity contribution >= 4 is 22.5 Å².